The second kappa shape index (κ2) is 9.79. The van der Waals surface area contributed by atoms with E-state index in [0.29, 0.717) is 37.4 Å². The minimum atomic E-state index is -3.47. The van der Waals surface area contributed by atoms with E-state index >= 15 is 0 Å². The van der Waals surface area contributed by atoms with Crippen LogP contribution in [0.4, 0.5) is 0 Å². The number of carboxylic acid groups (broad SMARTS) is 1. The number of nitrogens with zero attached hydrogens (tertiary/aromatic N) is 1. The fraction of sp³-hybridized carbons (Fsp3) is 0.529. The summed E-state index contributed by atoms with van der Waals surface area (Å²) >= 11 is 0. The summed E-state index contributed by atoms with van der Waals surface area (Å²) in [5, 5.41) is 11.4. The molecule has 0 spiro atoms. The third-order valence-electron chi connectivity index (χ3n) is 4.30. The molecule has 1 fully saturated rings. The predicted molar refractivity (Wildman–Crippen MR) is 98.1 cm³/mol. The Hall–Kier alpha value is -2.01. The molecule has 0 aromatic heterocycles. The Balaban J connectivity index is 1.95. The van der Waals surface area contributed by atoms with Crippen molar-refractivity contribution in [1.29, 1.82) is 0 Å². The minimum Gasteiger partial charge on any atom is -0.480 e. The number of aliphatic carboxylic acids is 1. The van der Waals surface area contributed by atoms with E-state index in [4.69, 9.17) is 15.6 Å². The highest BCUT2D eigenvalue weighted by Crippen LogP contribution is 2.16. The van der Waals surface area contributed by atoms with Crippen molar-refractivity contribution in [2.45, 2.75) is 31.2 Å². The summed E-state index contributed by atoms with van der Waals surface area (Å²) in [5.74, 6) is -1.64. The Morgan fingerprint density at radius 3 is 2.48 bits per heavy atom. The average molecular weight is 399 g/mol. The number of rotatable bonds is 9. The van der Waals surface area contributed by atoms with Crippen molar-refractivity contribution < 1.29 is 27.9 Å². The number of sulfonamides is 1. The number of morpholine rings is 1. The Morgan fingerprint density at radius 2 is 1.85 bits per heavy atom. The van der Waals surface area contributed by atoms with Crippen LogP contribution in [0, 0.1) is 0 Å². The van der Waals surface area contributed by atoms with Gasteiger partial charge >= 0.3 is 5.97 Å². The number of carbonyl (C=O) groups is 2. The number of amides is 1. The van der Waals surface area contributed by atoms with Crippen molar-refractivity contribution in [3.05, 3.63) is 35.4 Å². The largest absolute Gasteiger partial charge is 0.480 e. The number of carboxylic acids is 1. The lowest BCUT2D eigenvalue weighted by molar-refractivity contribution is -0.138. The molecule has 1 heterocycles. The third-order valence-corrected chi connectivity index (χ3v) is 6.12. The highest BCUT2D eigenvalue weighted by molar-refractivity contribution is 7.88. The fourth-order valence-corrected chi connectivity index (χ4v) is 4.24. The van der Waals surface area contributed by atoms with Gasteiger partial charge in [0.25, 0.3) is 0 Å². The molecule has 4 N–H and O–H groups in total. The van der Waals surface area contributed by atoms with Gasteiger partial charge in [0.15, 0.2) is 0 Å². The van der Waals surface area contributed by atoms with Crippen LogP contribution in [0.5, 0.6) is 0 Å². The molecule has 27 heavy (non-hydrogen) atoms. The van der Waals surface area contributed by atoms with E-state index < -0.39 is 22.0 Å². The first-order valence-corrected chi connectivity index (χ1v) is 10.3. The van der Waals surface area contributed by atoms with E-state index in [0.717, 1.165) is 0 Å². The zero-order valence-corrected chi connectivity index (χ0v) is 15.8. The standard InChI is InChI=1S/C17H25N3O6S/c18-15(17(22)23)5-6-16(21)19-11-13-3-1-2-4-14(13)12-27(24,25)20-7-9-26-10-8-20/h1-4,15H,5-12,18H2,(H,19,21)(H,22,23)/t15-/m0/s1. The first kappa shape index (κ1) is 21.3. The van der Waals surface area contributed by atoms with Gasteiger partial charge in [-0.15, -0.1) is 0 Å². The Kier molecular flexibility index (Phi) is 7.72. The van der Waals surface area contributed by atoms with Gasteiger partial charge in [0.1, 0.15) is 6.04 Å². The summed E-state index contributed by atoms with van der Waals surface area (Å²) < 4.78 is 31.8. The molecule has 1 aromatic carbocycles. The van der Waals surface area contributed by atoms with Gasteiger partial charge in [-0.1, -0.05) is 24.3 Å². The molecule has 0 bridgehead atoms. The van der Waals surface area contributed by atoms with Crippen LogP contribution < -0.4 is 11.1 Å². The molecule has 1 aromatic rings. The van der Waals surface area contributed by atoms with Crippen LogP contribution in [0.15, 0.2) is 24.3 Å². The highest BCUT2D eigenvalue weighted by Gasteiger charge is 2.25. The summed E-state index contributed by atoms with van der Waals surface area (Å²) in [6.45, 7) is 1.61. The van der Waals surface area contributed by atoms with Crippen LogP contribution in [0.1, 0.15) is 24.0 Å². The maximum Gasteiger partial charge on any atom is 0.320 e. The fourth-order valence-electron chi connectivity index (χ4n) is 2.68. The summed E-state index contributed by atoms with van der Waals surface area (Å²) in [5.41, 5.74) is 6.69. The molecule has 0 aliphatic carbocycles. The molecule has 1 aliphatic heterocycles. The summed E-state index contributed by atoms with van der Waals surface area (Å²) in [7, 11) is -3.47. The molecular formula is C17H25N3O6S. The molecular weight excluding hydrogens is 374 g/mol. The Labute approximate surface area is 158 Å². The number of nitrogens with two attached hydrogens (primary N) is 1. The third kappa shape index (κ3) is 6.58. The Bertz CT molecular complexity index is 762. The molecule has 10 heteroatoms. The van der Waals surface area contributed by atoms with Crippen LogP contribution in [-0.4, -0.2) is 62.1 Å². The van der Waals surface area contributed by atoms with Crippen molar-refractivity contribution in [3.8, 4) is 0 Å². The van der Waals surface area contributed by atoms with Crippen molar-refractivity contribution in [3.63, 3.8) is 0 Å². The molecule has 1 aliphatic rings. The predicted octanol–water partition coefficient (Wildman–Crippen LogP) is -0.343. The molecule has 1 atom stereocenters. The average Bonchev–Trinajstić information content (AvgIpc) is 2.65. The van der Waals surface area contributed by atoms with Crippen LogP contribution >= 0.6 is 0 Å². The van der Waals surface area contributed by atoms with Gasteiger partial charge in [-0.25, -0.2) is 8.42 Å². The first-order chi connectivity index (χ1) is 12.8. The zero-order chi connectivity index (χ0) is 19.9. The van der Waals surface area contributed by atoms with E-state index in [1.54, 1.807) is 24.3 Å². The van der Waals surface area contributed by atoms with Crippen LogP contribution in [0.25, 0.3) is 0 Å². The molecule has 0 radical (unpaired) electrons. The Morgan fingerprint density at radius 1 is 1.22 bits per heavy atom. The number of benzene rings is 1. The minimum absolute atomic E-state index is 0.0122. The monoisotopic (exact) mass is 399 g/mol. The maximum absolute atomic E-state index is 12.6. The molecule has 1 saturated heterocycles. The molecule has 0 saturated carbocycles. The molecule has 2 rings (SSSR count). The number of ether oxygens (including phenoxy) is 1. The summed E-state index contributed by atoms with van der Waals surface area (Å²) in [6.07, 6.45) is 0.0237. The SMILES string of the molecule is N[C@@H](CCC(=O)NCc1ccccc1CS(=O)(=O)N1CCOCC1)C(=O)O. The van der Waals surface area contributed by atoms with Crippen LogP contribution in [-0.2, 0) is 36.6 Å². The van der Waals surface area contributed by atoms with Gasteiger partial charge in [0.2, 0.25) is 15.9 Å². The van der Waals surface area contributed by atoms with E-state index in [1.165, 1.54) is 4.31 Å². The van der Waals surface area contributed by atoms with Gasteiger partial charge < -0.3 is 20.9 Å². The number of hydrogen-bond donors (Lipinski definition) is 3. The van der Waals surface area contributed by atoms with E-state index in [1.807, 2.05) is 0 Å². The number of carbonyl (C=O) groups excluding carboxylic acids is 1. The topological polar surface area (TPSA) is 139 Å². The van der Waals surface area contributed by atoms with E-state index in [9.17, 15) is 18.0 Å². The highest BCUT2D eigenvalue weighted by atomic mass is 32.2. The molecule has 0 unspecified atom stereocenters. The van der Waals surface area contributed by atoms with Crippen molar-refractivity contribution >= 4 is 21.9 Å². The normalized spacial score (nSPS) is 16.6. The van der Waals surface area contributed by atoms with Gasteiger partial charge in [0.05, 0.1) is 19.0 Å². The lowest BCUT2D eigenvalue weighted by Gasteiger charge is -2.26. The molecule has 1 amide bonds. The number of nitrogens with one attached hydrogen (secondary N) is 1. The van der Waals surface area contributed by atoms with E-state index in [2.05, 4.69) is 5.32 Å². The zero-order valence-electron chi connectivity index (χ0n) is 15.0. The smallest absolute Gasteiger partial charge is 0.320 e. The maximum atomic E-state index is 12.6. The second-order valence-electron chi connectivity index (χ2n) is 6.30. The van der Waals surface area contributed by atoms with E-state index in [-0.39, 0.29) is 31.0 Å². The van der Waals surface area contributed by atoms with Gasteiger partial charge in [0, 0.05) is 26.1 Å². The summed E-state index contributed by atoms with van der Waals surface area (Å²) in [6, 6.07) is 5.92. The lowest BCUT2D eigenvalue weighted by Crippen LogP contribution is -2.41. The molecule has 9 nitrogen and oxygen atoms in total. The van der Waals surface area contributed by atoms with Crippen LogP contribution in [0.3, 0.4) is 0 Å². The molecule has 150 valence electrons. The van der Waals surface area contributed by atoms with Crippen molar-refractivity contribution in [2.75, 3.05) is 26.3 Å². The van der Waals surface area contributed by atoms with Crippen molar-refractivity contribution in [1.82, 2.24) is 9.62 Å². The van der Waals surface area contributed by atoms with Gasteiger partial charge in [-0.05, 0) is 17.5 Å². The lowest BCUT2D eigenvalue weighted by atomic mass is 10.1. The first-order valence-electron chi connectivity index (χ1n) is 8.67. The quantitative estimate of drug-likeness (QED) is 0.516. The second-order valence-corrected chi connectivity index (χ2v) is 8.27. The van der Waals surface area contributed by atoms with Gasteiger partial charge in [-0.3, -0.25) is 9.59 Å². The summed E-state index contributed by atoms with van der Waals surface area (Å²) in [4.78, 5) is 22.6. The van der Waals surface area contributed by atoms with Crippen LogP contribution in [0.2, 0.25) is 0 Å². The van der Waals surface area contributed by atoms with Crippen molar-refractivity contribution in [2.24, 2.45) is 5.73 Å². The number of hydrogen-bond acceptors (Lipinski definition) is 6. The van der Waals surface area contributed by atoms with Gasteiger partial charge in [-0.2, -0.15) is 4.31 Å².